The second kappa shape index (κ2) is 10.5. The number of amides is 1. The molecule has 0 aliphatic carbocycles. The Kier molecular flexibility index (Phi) is 8.14. The molecule has 0 radical (unpaired) electrons. The van der Waals surface area contributed by atoms with Crippen molar-refractivity contribution in [1.29, 1.82) is 0 Å². The van der Waals surface area contributed by atoms with Gasteiger partial charge < -0.3 is 14.8 Å². The van der Waals surface area contributed by atoms with E-state index in [-0.39, 0.29) is 34.5 Å². The molecular formula is C26H32ClFN2O6S. The molecule has 0 bridgehead atoms. The molecule has 1 amide bonds. The topological polar surface area (TPSA) is 102 Å². The maximum Gasteiger partial charge on any atom is 0.310 e. The maximum absolute atomic E-state index is 13.8. The number of benzene rings is 2. The predicted molar refractivity (Wildman–Crippen MR) is 139 cm³/mol. The third kappa shape index (κ3) is 7.35. The summed E-state index contributed by atoms with van der Waals surface area (Å²) < 4.78 is 54.0. The molecule has 11 heteroatoms. The van der Waals surface area contributed by atoms with E-state index in [0.29, 0.717) is 17.7 Å². The highest BCUT2D eigenvalue weighted by molar-refractivity contribution is 7.92. The summed E-state index contributed by atoms with van der Waals surface area (Å²) in [4.78, 5) is 23.8. The first kappa shape index (κ1) is 28.7. The fraction of sp³-hybridized carbons (Fsp3) is 0.462. The molecule has 2 aromatic carbocycles. The highest BCUT2D eigenvalue weighted by Gasteiger charge is 2.37. The van der Waals surface area contributed by atoms with Gasteiger partial charge in [-0.15, -0.1) is 0 Å². The van der Waals surface area contributed by atoms with Crippen molar-refractivity contribution in [3.8, 4) is 5.75 Å². The summed E-state index contributed by atoms with van der Waals surface area (Å²) in [7, 11) is -4.20. The Balaban J connectivity index is 2.02. The third-order valence-corrected chi connectivity index (χ3v) is 7.52. The van der Waals surface area contributed by atoms with E-state index in [0.717, 1.165) is 18.2 Å². The van der Waals surface area contributed by atoms with Crippen LogP contribution in [0.3, 0.4) is 0 Å². The lowest BCUT2D eigenvalue weighted by Crippen LogP contribution is -2.50. The molecule has 8 nitrogen and oxygen atoms in total. The van der Waals surface area contributed by atoms with E-state index in [2.05, 4.69) is 5.32 Å². The van der Waals surface area contributed by atoms with Crippen molar-refractivity contribution in [3.63, 3.8) is 0 Å². The van der Waals surface area contributed by atoms with E-state index < -0.39 is 39.1 Å². The molecule has 0 saturated carbocycles. The molecule has 0 aromatic heterocycles. The highest BCUT2D eigenvalue weighted by atomic mass is 35.5. The summed E-state index contributed by atoms with van der Waals surface area (Å²) in [5, 5.41) is 2.52. The molecule has 202 valence electrons. The zero-order valence-corrected chi connectivity index (χ0v) is 23.3. The van der Waals surface area contributed by atoms with E-state index in [1.807, 2.05) is 13.8 Å². The van der Waals surface area contributed by atoms with Gasteiger partial charge in [-0.1, -0.05) is 17.7 Å². The van der Waals surface area contributed by atoms with Crippen molar-refractivity contribution in [2.45, 2.75) is 76.5 Å². The van der Waals surface area contributed by atoms with Crippen molar-refractivity contribution >= 4 is 39.2 Å². The predicted octanol–water partition coefficient (Wildman–Crippen LogP) is 4.62. The first-order valence-corrected chi connectivity index (χ1v) is 13.6. The number of rotatable bonds is 7. The van der Waals surface area contributed by atoms with Gasteiger partial charge in [0.05, 0.1) is 28.6 Å². The molecule has 37 heavy (non-hydrogen) atoms. The largest absolute Gasteiger partial charge is 0.486 e. The number of esters is 1. The molecule has 0 fully saturated rings. The van der Waals surface area contributed by atoms with E-state index in [1.165, 1.54) is 11.2 Å². The molecule has 1 heterocycles. The lowest BCUT2D eigenvalue weighted by molar-refractivity contribution is -0.153. The molecular weight excluding hydrogens is 523 g/mol. The summed E-state index contributed by atoms with van der Waals surface area (Å²) in [6.07, 6.45) is -0.376. The van der Waals surface area contributed by atoms with Crippen LogP contribution in [0.25, 0.3) is 0 Å². The SMILES string of the molecule is CC(=O)NC(C)(C)C[C@H]1CN(S(=O)(=O)c2ccc(F)c(Cl)c2)c2cc(CC(=O)OC(C)(C)C)ccc2O1. The molecule has 1 atom stereocenters. The minimum atomic E-state index is -4.20. The molecule has 1 aliphatic heterocycles. The first-order chi connectivity index (χ1) is 17.0. The van der Waals surface area contributed by atoms with Crippen molar-refractivity contribution in [1.82, 2.24) is 5.32 Å². The summed E-state index contributed by atoms with van der Waals surface area (Å²) in [5.41, 5.74) is -0.584. The van der Waals surface area contributed by atoms with Gasteiger partial charge in [0.1, 0.15) is 23.3 Å². The van der Waals surface area contributed by atoms with Crippen LogP contribution < -0.4 is 14.4 Å². The number of hydrogen-bond donors (Lipinski definition) is 1. The number of carbonyl (C=O) groups excluding carboxylic acids is 2. The van der Waals surface area contributed by atoms with E-state index >= 15 is 0 Å². The lowest BCUT2D eigenvalue weighted by atomic mass is 9.95. The van der Waals surface area contributed by atoms with Crippen LogP contribution in [0.2, 0.25) is 5.02 Å². The van der Waals surface area contributed by atoms with Crippen LogP contribution in [0.4, 0.5) is 10.1 Å². The summed E-state index contributed by atoms with van der Waals surface area (Å²) in [6, 6.07) is 8.04. The zero-order chi connectivity index (χ0) is 27.8. The van der Waals surface area contributed by atoms with Gasteiger partial charge in [0.15, 0.2) is 0 Å². The van der Waals surface area contributed by atoms with Gasteiger partial charge in [0.25, 0.3) is 10.0 Å². The number of halogens is 2. The smallest absolute Gasteiger partial charge is 0.310 e. The second-order valence-electron chi connectivity index (χ2n) is 10.7. The zero-order valence-electron chi connectivity index (χ0n) is 21.7. The Bertz CT molecular complexity index is 1310. The Morgan fingerprint density at radius 3 is 2.43 bits per heavy atom. The number of ether oxygens (including phenoxy) is 2. The van der Waals surface area contributed by atoms with Crippen LogP contribution in [-0.4, -0.2) is 44.1 Å². The van der Waals surface area contributed by atoms with Gasteiger partial charge in [0.2, 0.25) is 5.91 Å². The molecule has 0 saturated heterocycles. The number of sulfonamides is 1. The monoisotopic (exact) mass is 554 g/mol. The van der Waals surface area contributed by atoms with Gasteiger partial charge in [-0.2, -0.15) is 0 Å². The van der Waals surface area contributed by atoms with E-state index in [4.69, 9.17) is 21.1 Å². The quantitative estimate of drug-likeness (QED) is 0.501. The van der Waals surface area contributed by atoms with Crippen molar-refractivity contribution in [2.24, 2.45) is 0 Å². The van der Waals surface area contributed by atoms with Gasteiger partial charge in [0, 0.05) is 18.9 Å². The van der Waals surface area contributed by atoms with Crippen LogP contribution in [-0.2, 0) is 30.8 Å². The number of fused-ring (bicyclic) bond motifs is 1. The number of hydrogen-bond acceptors (Lipinski definition) is 6. The average Bonchev–Trinajstić information content (AvgIpc) is 2.72. The van der Waals surface area contributed by atoms with Gasteiger partial charge in [-0.3, -0.25) is 13.9 Å². The number of nitrogens with one attached hydrogen (secondary N) is 1. The van der Waals surface area contributed by atoms with Crippen LogP contribution in [0.1, 0.15) is 53.5 Å². The van der Waals surface area contributed by atoms with Gasteiger partial charge in [-0.25, -0.2) is 12.8 Å². The highest BCUT2D eigenvalue weighted by Crippen LogP contribution is 2.39. The maximum atomic E-state index is 13.8. The summed E-state index contributed by atoms with van der Waals surface area (Å²) in [5.74, 6) is -1.13. The Hall–Kier alpha value is -2.85. The van der Waals surface area contributed by atoms with Crippen molar-refractivity contribution in [3.05, 3.63) is 52.8 Å². The molecule has 1 N–H and O–H groups in total. The average molecular weight is 555 g/mol. The molecule has 3 rings (SSSR count). The molecule has 0 spiro atoms. The first-order valence-electron chi connectivity index (χ1n) is 11.7. The van der Waals surface area contributed by atoms with Crippen LogP contribution in [0.5, 0.6) is 5.75 Å². The van der Waals surface area contributed by atoms with Crippen LogP contribution in [0.15, 0.2) is 41.3 Å². The molecule has 2 aromatic rings. The van der Waals surface area contributed by atoms with Gasteiger partial charge in [-0.05, 0) is 70.5 Å². The minimum absolute atomic E-state index is 0.0696. The Morgan fingerprint density at radius 2 is 1.84 bits per heavy atom. The lowest BCUT2D eigenvalue weighted by Gasteiger charge is -2.39. The molecule has 1 aliphatic rings. The summed E-state index contributed by atoms with van der Waals surface area (Å²) in [6.45, 7) is 10.2. The fourth-order valence-electron chi connectivity index (χ4n) is 4.21. The molecule has 0 unspecified atom stereocenters. The minimum Gasteiger partial charge on any atom is -0.486 e. The Morgan fingerprint density at radius 1 is 1.16 bits per heavy atom. The number of anilines is 1. The second-order valence-corrected chi connectivity index (χ2v) is 13.0. The number of nitrogens with zero attached hydrogens (tertiary/aromatic N) is 1. The number of carbonyl (C=O) groups is 2. The normalized spacial score (nSPS) is 16.0. The fourth-order valence-corrected chi connectivity index (χ4v) is 5.98. The summed E-state index contributed by atoms with van der Waals surface area (Å²) >= 11 is 5.88. The van der Waals surface area contributed by atoms with E-state index in [9.17, 15) is 22.4 Å². The van der Waals surface area contributed by atoms with Crippen LogP contribution >= 0.6 is 11.6 Å². The standard InChI is InChI=1S/C26H32ClFN2O6S/c1-16(31)29-26(5,6)14-18-15-30(37(33,34)19-8-9-21(28)20(27)13-19)22-11-17(7-10-23(22)35-18)12-24(32)36-25(2,3)4/h7-11,13,18H,12,14-15H2,1-6H3,(H,29,31)/t18-/m0/s1. The van der Waals surface area contributed by atoms with Crippen molar-refractivity contribution in [2.75, 3.05) is 10.8 Å². The third-order valence-electron chi connectivity index (χ3n) is 5.46. The van der Waals surface area contributed by atoms with E-state index in [1.54, 1.807) is 39.0 Å². The van der Waals surface area contributed by atoms with Gasteiger partial charge >= 0.3 is 5.97 Å². The van der Waals surface area contributed by atoms with Crippen LogP contribution in [0, 0.1) is 5.82 Å². The van der Waals surface area contributed by atoms with Crippen molar-refractivity contribution < 1.29 is 31.9 Å². The Labute approximate surface area is 222 Å².